The predicted octanol–water partition coefficient (Wildman–Crippen LogP) is 4.01. The summed E-state index contributed by atoms with van der Waals surface area (Å²) in [6.45, 7) is 7.27. The third kappa shape index (κ3) is 3.61. The van der Waals surface area contributed by atoms with Gasteiger partial charge >= 0.3 is 0 Å². The fourth-order valence-corrected chi connectivity index (χ4v) is 4.12. The van der Waals surface area contributed by atoms with Gasteiger partial charge in [-0.15, -0.1) is 11.3 Å². The molecule has 0 spiro atoms. The Kier molecular flexibility index (Phi) is 5.70. The van der Waals surface area contributed by atoms with Gasteiger partial charge < -0.3 is 10.2 Å². The van der Waals surface area contributed by atoms with Gasteiger partial charge in [0.15, 0.2) is 0 Å². The fraction of sp³-hybridized carbons (Fsp3) is 0.600. The van der Waals surface area contributed by atoms with Crippen molar-refractivity contribution in [3.63, 3.8) is 0 Å². The Morgan fingerprint density at radius 1 is 1.38 bits per heavy atom. The van der Waals surface area contributed by atoms with E-state index in [0.29, 0.717) is 6.04 Å². The third-order valence-corrected chi connectivity index (χ3v) is 5.21. The minimum absolute atomic E-state index is 0.493. The molecule has 116 valence electrons. The molecule has 0 radical (unpaired) electrons. The number of thiophene rings is 1. The average Bonchev–Trinajstić information content (AvgIpc) is 2.83. The quantitative estimate of drug-likeness (QED) is 0.833. The number of aryl methyl sites for hydroxylation is 1. The normalized spacial score (nSPS) is 12.6. The molecule has 0 fully saturated rings. The van der Waals surface area contributed by atoms with E-state index in [2.05, 4.69) is 55.3 Å². The van der Waals surface area contributed by atoms with E-state index in [0.717, 1.165) is 35.3 Å². The van der Waals surface area contributed by atoms with E-state index < -0.39 is 0 Å². The molecule has 0 saturated heterocycles. The summed E-state index contributed by atoms with van der Waals surface area (Å²) < 4.78 is 0. The van der Waals surface area contributed by atoms with Crippen molar-refractivity contribution in [1.82, 2.24) is 9.97 Å². The molecule has 2 aromatic heterocycles. The number of rotatable bonds is 7. The number of nitrogens with one attached hydrogen (secondary N) is 1. The molecule has 1 N–H and O–H groups in total. The summed E-state index contributed by atoms with van der Waals surface area (Å²) in [5.74, 6) is 2.88. The van der Waals surface area contributed by atoms with Crippen molar-refractivity contribution in [3.8, 4) is 0 Å². The summed E-state index contributed by atoms with van der Waals surface area (Å²) in [5, 5.41) is 4.41. The zero-order chi connectivity index (χ0) is 15.4. The lowest BCUT2D eigenvalue weighted by Crippen LogP contribution is -2.34. The Balaban J connectivity index is 2.48. The SMILES string of the molecule is CCNc1nc(N(C)C(CC)CSC)c2cc(C)sc2n1. The molecule has 1 unspecified atom stereocenters. The first-order valence-electron chi connectivity index (χ1n) is 7.34. The minimum Gasteiger partial charge on any atom is -0.355 e. The van der Waals surface area contributed by atoms with Gasteiger partial charge in [-0.05, 0) is 32.6 Å². The van der Waals surface area contributed by atoms with Gasteiger partial charge in [-0.2, -0.15) is 16.7 Å². The molecule has 0 aliphatic rings. The van der Waals surface area contributed by atoms with E-state index in [1.807, 2.05) is 11.8 Å². The number of fused-ring (bicyclic) bond motifs is 1. The Bertz CT molecular complexity index is 597. The zero-order valence-corrected chi connectivity index (χ0v) is 15.1. The summed E-state index contributed by atoms with van der Waals surface area (Å²) in [6, 6.07) is 2.70. The number of hydrogen-bond donors (Lipinski definition) is 1. The van der Waals surface area contributed by atoms with E-state index in [9.17, 15) is 0 Å². The molecule has 0 saturated carbocycles. The van der Waals surface area contributed by atoms with Crippen LogP contribution in [-0.4, -0.2) is 41.6 Å². The molecule has 1 atom stereocenters. The summed E-state index contributed by atoms with van der Waals surface area (Å²) in [4.78, 5) is 14.0. The molecule has 2 heterocycles. The van der Waals surface area contributed by atoms with E-state index in [-0.39, 0.29) is 0 Å². The van der Waals surface area contributed by atoms with Crippen LogP contribution in [0.15, 0.2) is 6.07 Å². The Morgan fingerprint density at radius 3 is 2.76 bits per heavy atom. The minimum atomic E-state index is 0.493. The second-order valence-electron chi connectivity index (χ2n) is 5.11. The lowest BCUT2D eigenvalue weighted by molar-refractivity contribution is 0.668. The van der Waals surface area contributed by atoms with Gasteiger partial charge in [0.1, 0.15) is 10.6 Å². The third-order valence-electron chi connectivity index (χ3n) is 3.54. The molecule has 0 aromatic carbocycles. The topological polar surface area (TPSA) is 41.1 Å². The second-order valence-corrected chi connectivity index (χ2v) is 7.25. The van der Waals surface area contributed by atoms with Crippen LogP contribution in [0, 0.1) is 6.92 Å². The van der Waals surface area contributed by atoms with E-state index >= 15 is 0 Å². The monoisotopic (exact) mass is 324 g/mol. The highest BCUT2D eigenvalue weighted by Crippen LogP contribution is 2.32. The van der Waals surface area contributed by atoms with Crippen LogP contribution in [0.2, 0.25) is 0 Å². The van der Waals surface area contributed by atoms with Crippen LogP contribution in [0.5, 0.6) is 0 Å². The molecular weight excluding hydrogens is 300 g/mol. The summed E-state index contributed by atoms with van der Waals surface area (Å²) in [7, 11) is 2.15. The maximum absolute atomic E-state index is 4.76. The highest BCUT2D eigenvalue weighted by atomic mass is 32.2. The van der Waals surface area contributed by atoms with Crippen molar-refractivity contribution < 1.29 is 0 Å². The second kappa shape index (κ2) is 7.31. The van der Waals surface area contributed by atoms with Crippen LogP contribution < -0.4 is 10.2 Å². The Hall–Kier alpha value is -1.01. The maximum Gasteiger partial charge on any atom is 0.226 e. The molecule has 2 rings (SSSR count). The van der Waals surface area contributed by atoms with E-state index in [1.54, 1.807) is 11.3 Å². The van der Waals surface area contributed by atoms with Crippen LogP contribution in [0.25, 0.3) is 10.2 Å². The molecule has 4 nitrogen and oxygen atoms in total. The maximum atomic E-state index is 4.76. The number of anilines is 2. The Morgan fingerprint density at radius 2 is 2.14 bits per heavy atom. The Labute approximate surface area is 135 Å². The van der Waals surface area contributed by atoms with Gasteiger partial charge in [0.25, 0.3) is 0 Å². The standard InChI is InChI=1S/C15H24N4S2/c1-6-11(9-20-5)19(4)13-12-8-10(3)21-14(12)18-15(17-13)16-7-2/h8,11H,6-7,9H2,1-5H3,(H,16,17,18). The van der Waals surface area contributed by atoms with Crippen molar-refractivity contribution in [2.75, 3.05) is 35.8 Å². The fourth-order valence-electron chi connectivity index (χ4n) is 2.40. The molecule has 0 aliphatic carbocycles. The number of aromatic nitrogens is 2. The van der Waals surface area contributed by atoms with Gasteiger partial charge in [-0.25, -0.2) is 4.98 Å². The number of hydrogen-bond acceptors (Lipinski definition) is 6. The highest BCUT2D eigenvalue weighted by molar-refractivity contribution is 7.98. The van der Waals surface area contributed by atoms with Crippen LogP contribution >= 0.6 is 23.1 Å². The first-order chi connectivity index (χ1) is 10.1. The average molecular weight is 325 g/mol. The van der Waals surface area contributed by atoms with Crippen molar-refractivity contribution in [3.05, 3.63) is 10.9 Å². The molecule has 6 heteroatoms. The zero-order valence-electron chi connectivity index (χ0n) is 13.4. The van der Waals surface area contributed by atoms with Crippen LogP contribution in [0.4, 0.5) is 11.8 Å². The molecular formula is C15H24N4S2. The van der Waals surface area contributed by atoms with Gasteiger partial charge in [0, 0.05) is 30.3 Å². The molecule has 2 aromatic rings. The van der Waals surface area contributed by atoms with E-state index in [1.165, 1.54) is 10.3 Å². The predicted molar refractivity (Wildman–Crippen MR) is 97.2 cm³/mol. The van der Waals surface area contributed by atoms with Crippen molar-refractivity contribution in [2.45, 2.75) is 33.2 Å². The van der Waals surface area contributed by atoms with Crippen molar-refractivity contribution >= 4 is 45.1 Å². The van der Waals surface area contributed by atoms with Crippen molar-refractivity contribution in [1.29, 1.82) is 0 Å². The van der Waals surface area contributed by atoms with Gasteiger partial charge in [-0.3, -0.25) is 0 Å². The molecule has 21 heavy (non-hydrogen) atoms. The largest absolute Gasteiger partial charge is 0.355 e. The van der Waals surface area contributed by atoms with Gasteiger partial charge in [-0.1, -0.05) is 6.92 Å². The smallest absolute Gasteiger partial charge is 0.226 e. The molecule has 0 bridgehead atoms. The highest BCUT2D eigenvalue weighted by Gasteiger charge is 2.19. The molecule has 0 amide bonds. The van der Waals surface area contributed by atoms with Crippen molar-refractivity contribution in [2.24, 2.45) is 0 Å². The summed E-state index contributed by atoms with van der Waals surface area (Å²) in [5.41, 5.74) is 0. The van der Waals surface area contributed by atoms with E-state index in [4.69, 9.17) is 4.98 Å². The van der Waals surface area contributed by atoms with Gasteiger partial charge in [0.05, 0.1) is 5.39 Å². The van der Waals surface area contributed by atoms with Crippen LogP contribution in [-0.2, 0) is 0 Å². The summed E-state index contributed by atoms with van der Waals surface area (Å²) >= 11 is 3.62. The number of thioether (sulfide) groups is 1. The first kappa shape index (κ1) is 16.4. The lowest BCUT2D eigenvalue weighted by atomic mass is 10.2. The lowest BCUT2D eigenvalue weighted by Gasteiger charge is -2.28. The summed E-state index contributed by atoms with van der Waals surface area (Å²) in [6.07, 6.45) is 3.27. The van der Waals surface area contributed by atoms with Gasteiger partial charge in [0.2, 0.25) is 5.95 Å². The molecule has 0 aliphatic heterocycles. The van der Waals surface area contributed by atoms with Crippen LogP contribution in [0.3, 0.4) is 0 Å². The van der Waals surface area contributed by atoms with Crippen LogP contribution in [0.1, 0.15) is 25.1 Å². The number of nitrogens with zero attached hydrogens (tertiary/aromatic N) is 3. The first-order valence-corrected chi connectivity index (χ1v) is 9.55.